The van der Waals surface area contributed by atoms with Crippen LogP contribution in [0.5, 0.6) is 0 Å². The first kappa shape index (κ1) is 12.3. The van der Waals surface area contributed by atoms with Crippen molar-refractivity contribution < 1.29 is 4.92 Å². The van der Waals surface area contributed by atoms with Gasteiger partial charge in [-0.15, -0.1) is 0 Å². The number of aromatic nitrogens is 1. The summed E-state index contributed by atoms with van der Waals surface area (Å²) < 4.78 is 0. The summed E-state index contributed by atoms with van der Waals surface area (Å²) in [6.45, 7) is 1.68. The van der Waals surface area contributed by atoms with Gasteiger partial charge < -0.3 is 10.3 Å². The first-order chi connectivity index (χ1) is 8.75. The van der Waals surface area contributed by atoms with Gasteiger partial charge in [0.25, 0.3) is 5.69 Å². The van der Waals surface area contributed by atoms with Gasteiger partial charge in [-0.3, -0.25) is 10.1 Å². The van der Waals surface area contributed by atoms with Crippen molar-refractivity contribution in [3.63, 3.8) is 0 Å². The van der Waals surface area contributed by atoms with Crippen molar-refractivity contribution in [1.29, 1.82) is 0 Å². The van der Waals surface area contributed by atoms with Gasteiger partial charge in [-0.2, -0.15) is 0 Å². The predicted molar refractivity (Wildman–Crippen MR) is 69.3 cm³/mol. The smallest absolute Gasteiger partial charge is 0.269 e. The normalized spacial score (nSPS) is 10.4. The summed E-state index contributed by atoms with van der Waals surface area (Å²) in [5.41, 5.74) is 2.46. The summed E-state index contributed by atoms with van der Waals surface area (Å²) in [6, 6.07) is 8.72. The van der Waals surface area contributed by atoms with Crippen molar-refractivity contribution in [3.05, 3.63) is 64.0 Å². The Morgan fingerprint density at radius 2 is 1.94 bits per heavy atom. The maximum absolute atomic E-state index is 10.5. The monoisotopic (exact) mass is 245 g/mol. The Balaban J connectivity index is 1.75. The lowest BCUT2D eigenvalue weighted by Gasteiger charge is -2.03. The topological polar surface area (TPSA) is 71.0 Å². The molecular formula is C13H15N3O2. The maximum atomic E-state index is 10.5. The molecule has 1 aromatic heterocycles. The molecule has 0 saturated heterocycles. The summed E-state index contributed by atoms with van der Waals surface area (Å²) >= 11 is 0. The lowest BCUT2D eigenvalue weighted by Crippen LogP contribution is -2.16. The minimum Gasteiger partial charge on any atom is -0.367 e. The summed E-state index contributed by atoms with van der Waals surface area (Å²) in [6.07, 6.45) is 4.72. The lowest BCUT2D eigenvalue weighted by atomic mass is 10.1. The Morgan fingerprint density at radius 1 is 1.17 bits per heavy atom. The van der Waals surface area contributed by atoms with Gasteiger partial charge in [-0.25, -0.2) is 0 Å². The number of nitro benzene ring substituents is 1. The van der Waals surface area contributed by atoms with Crippen molar-refractivity contribution in [2.24, 2.45) is 0 Å². The van der Waals surface area contributed by atoms with E-state index in [4.69, 9.17) is 0 Å². The number of nitro groups is 1. The summed E-state index contributed by atoms with van der Waals surface area (Å²) in [7, 11) is 0. The third kappa shape index (κ3) is 3.43. The summed E-state index contributed by atoms with van der Waals surface area (Å²) in [5.74, 6) is 0. The van der Waals surface area contributed by atoms with Crippen LogP contribution in [0.15, 0.2) is 42.7 Å². The number of aromatic amines is 1. The molecule has 18 heavy (non-hydrogen) atoms. The Kier molecular flexibility index (Phi) is 4.09. The molecule has 0 saturated carbocycles. The maximum Gasteiger partial charge on any atom is 0.269 e. The summed E-state index contributed by atoms with van der Waals surface area (Å²) in [4.78, 5) is 13.1. The first-order valence-electron chi connectivity index (χ1n) is 5.81. The van der Waals surface area contributed by atoms with Gasteiger partial charge in [0.15, 0.2) is 0 Å². The number of nitrogens with one attached hydrogen (secondary N) is 2. The SMILES string of the molecule is O=[N+]([O-])c1ccc(CCNCc2cc[nH]c2)cc1. The molecule has 0 spiro atoms. The lowest BCUT2D eigenvalue weighted by molar-refractivity contribution is -0.384. The average Bonchev–Trinajstić information content (AvgIpc) is 2.88. The molecule has 2 aromatic rings. The van der Waals surface area contributed by atoms with E-state index < -0.39 is 0 Å². The van der Waals surface area contributed by atoms with Gasteiger partial charge in [-0.1, -0.05) is 12.1 Å². The van der Waals surface area contributed by atoms with Crippen LogP contribution in [0.25, 0.3) is 0 Å². The summed E-state index contributed by atoms with van der Waals surface area (Å²) in [5, 5.41) is 13.8. The van der Waals surface area contributed by atoms with Crippen LogP contribution >= 0.6 is 0 Å². The number of benzene rings is 1. The van der Waals surface area contributed by atoms with Gasteiger partial charge in [0.05, 0.1) is 4.92 Å². The molecule has 0 bridgehead atoms. The molecule has 5 heteroatoms. The number of nitrogens with zero attached hydrogens (tertiary/aromatic N) is 1. The van der Waals surface area contributed by atoms with Gasteiger partial charge in [0.1, 0.15) is 0 Å². The van der Waals surface area contributed by atoms with Gasteiger partial charge in [0.2, 0.25) is 0 Å². The second kappa shape index (κ2) is 5.97. The highest BCUT2D eigenvalue weighted by Crippen LogP contribution is 2.11. The van der Waals surface area contributed by atoms with Crippen molar-refractivity contribution in [1.82, 2.24) is 10.3 Å². The van der Waals surface area contributed by atoms with E-state index in [1.54, 1.807) is 24.3 Å². The fourth-order valence-corrected chi connectivity index (χ4v) is 1.72. The highest BCUT2D eigenvalue weighted by atomic mass is 16.6. The molecule has 94 valence electrons. The zero-order valence-electron chi connectivity index (χ0n) is 9.93. The zero-order valence-corrected chi connectivity index (χ0v) is 9.93. The molecule has 0 aliphatic carbocycles. The second-order valence-electron chi connectivity index (χ2n) is 4.07. The van der Waals surface area contributed by atoms with Crippen LogP contribution in [0.3, 0.4) is 0 Å². The fraction of sp³-hybridized carbons (Fsp3) is 0.231. The van der Waals surface area contributed by atoms with E-state index in [0.717, 1.165) is 25.1 Å². The number of non-ortho nitro benzene ring substituents is 1. The highest BCUT2D eigenvalue weighted by molar-refractivity contribution is 5.32. The predicted octanol–water partition coefficient (Wildman–Crippen LogP) is 2.26. The Morgan fingerprint density at radius 3 is 2.56 bits per heavy atom. The van der Waals surface area contributed by atoms with Crippen molar-refractivity contribution in [2.45, 2.75) is 13.0 Å². The quantitative estimate of drug-likeness (QED) is 0.466. The zero-order chi connectivity index (χ0) is 12.8. The van der Waals surface area contributed by atoms with E-state index in [1.807, 2.05) is 18.5 Å². The van der Waals surface area contributed by atoms with Crippen LogP contribution < -0.4 is 5.32 Å². The average molecular weight is 245 g/mol. The standard InChI is InChI=1S/C13H15N3O2/c17-16(18)13-3-1-11(2-4-13)5-7-14-9-12-6-8-15-10-12/h1-4,6,8,10,14-15H,5,7,9H2. The van der Waals surface area contributed by atoms with Crippen LogP contribution in [0.1, 0.15) is 11.1 Å². The first-order valence-corrected chi connectivity index (χ1v) is 5.81. The van der Waals surface area contributed by atoms with E-state index in [0.29, 0.717) is 0 Å². The number of hydrogen-bond donors (Lipinski definition) is 2. The number of rotatable bonds is 6. The van der Waals surface area contributed by atoms with Crippen LogP contribution in [0.4, 0.5) is 5.69 Å². The molecule has 0 unspecified atom stereocenters. The van der Waals surface area contributed by atoms with E-state index in [9.17, 15) is 10.1 Å². The van der Waals surface area contributed by atoms with Crippen LogP contribution in [-0.2, 0) is 13.0 Å². The highest BCUT2D eigenvalue weighted by Gasteiger charge is 2.03. The molecule has 0 amide bonds. The fourth-order valence-electron chi connectivity index (χ4n) is 1.72. The molecule has 0 aliphatic heterocycles. The molecule has 0 radical (unpaired) electrons. The Labute approximate surface area is 105 Å². The molecular weight excluding hydrogens is 230 g/mol. The van der Waals surface area contributed by atoms with Crippen molar-refractivity contribution >= 4 is 5.69 Å². The molecule has 1 aromatic carbocycles. The van der Waals surface area contributed by atoms with E-state index in [2.05, 4.69) is 10.3 Å². The molecule has 2 rings (SSSR count). The van der Waals surface area contributed by atoms with Gasteiger partial charge in [-0.05, 0) is 30.2 Å². The van der Waals surface area contributed by atoms with Crippen molar-refractivity contribution in [3.8, 4) is 0 Å². The van der Waals surface area contributed by atoms with Crippen LogP contribution in [0.2, 0.25) is 0 Å². The Hall–Kier alpha value is -2.14. The molecule has 0 atom stereocenters. The van der Waals surface area contributed by atoms with E-state index >= 15 is 0 Å². The number of hydrogen-bond acceptors (Lipinski definition) is 3. The molecule has 2 N–H and O–H groups in total. The third-order valence-corrected chi connectivity index (χ3v) is 2.73. The molecule has 0 aliphatic rings. The van der Waals surface area contributed by atoms with Crippen molar-refractivity contribution in [2.75, 3.05) is 6.54 Å². The minimum absolute atomic E-state index is 0.138. The molecule has 5 nitrogen and oxygen atoms in total. The minimum atomic E-state index is -0.381. The Bertz CT molecular complexity index is 491. The molecule has 1 heterocycles. The number of H-pyrrole nitrogens is 1. The molecule has 0 fully saturated rings. The third-order valence-electron chi connectivity index (χ3n) is 2.73. The van der Waals surface area contributed by atoms with Gasteiger partial charge in [0, 0.05) is 31.1 Å². The second-order valence-corrected chi connectivity index (χ2v) is 4.07. The van der Waals surface area contributed by atoms with E-state index in [1.165, 1.54) is 5.56 Å². The van der Waals surface area contributed by atoms with E-state index in [-0.39, 0.29) is 10.6 Å². The van der Waals surface area contributed by atoms with Crippen LogP contribution in [0, 0.1) is 10.1 Å². The van der Waals surface area contributed by atoms with Crippen LogP contribution in [-0.4, -0.2) is 16.5 Å². The van der Waals surface area contributed by atoms with Gasteiger partial charge >= 0.3 is 0 Å². The largest absolute Gasteiger partial charge is 0.367 e.